The molecule has 1 amide bonds. The molecule has 3 N–H and O–H groups in total. The predicted octanol–water partition coefficient (Wildman–Crippen LogP) is 4.96. The lowest BCUT2D eigenvalue weighted by Crippen LogP contribution is -2.45. The lowest BCUT2D eigenvalue weighted by atomic mass is 10.1. The quantitative estimate of drug-likeness (QED) is 0.505. The summed E-state index contributed by atoms with van der Waals surface area (Å²) in [6, 6.07) is 15.2. The van der Waals surface area contributed by atoms with Gasteiger partial charge >= 0.3 is 6.09 Å². The molecule has 0 aliphatic heterocycles. The summed E-state index contributed by atoms with van der Waals surface area (Å²) >= 11 is 0. The number of carbonyl (C=O) groups excluding carboxylic acids is 1. The normalized spacial score (nSPS) is 11.5. The summed E-state index contributed by atoms with van der Waals surface area (Å²) in [7, 11) is 0. The molecular formula is C24H28N6O2. The van der Waals surface area contributed by atoms with Crippen molar-refractivity contribution in [2.45, 2.75) is 45.8 Å². The molecule has 2 aromatic heterocycles. The van der Waals surface area contributed by atoms with E-state index >= 15 is 0 Å². The zero-order valence-electron chi connectivity index (χ0n) is 19.0. The van der Waals surface area contributed by atoms with Gasteiger partial charge in [-0.15, -0.1) is 0 Å². The second-order valence-electron chi connectivity index (χ2n) is 9.10. The monoisotopic (exact) mass is 432 g/mol. The third-order valence-electron chi connectivity index (χ3n) is 4.42. The Morgan fingerprint density at radius 2 is 1.91 bits per heavy atom. The topological polar surface area (TPSA) is 112 Å². The first kappa shape index (κ1) is 22.8. The van der Waals surface area contributed by atoms with E-state index < -0.39 is 17.2 Å². The van der Waals surface area contributed by atoms with Crippen LogP contribution in [-0.4, -0.2) is 33.7 Å². The molecule has 0 bridgehead atoms. The van der Waals surface area contributed by atoms with Crippen LogP contribution in [0.3, 0.4) is 0 Å². The van der Waals surface area contributed by atoms with Crippen LogP contribution in [0.2, 0.25) is 0 Å². The molecule has 0 spiro atoms. The van der Waals surface area contributed by atoms with Crippen LogP contribution in [-0.2, 0) is 4.74 Å². The number of pyridine rings is 2. The van der Waals surface area contributed by atoms with Gasteiger partial charge in [-0.3, -0.25) is 4.98 Å². The number of hydrogen-bond acceptors (Lipinski definition) is 7. The van der Waals surface area contributed by atoms with Crippen molar-refractivity contribution < 1.29 is 9.53 Å². The van der Waals surface area contributed by atoms with Gasteiger partial charge in [0.25, 0.3) is 0 Å². The summed E-state index contributed by atoms with van der Waals surface area (Å²) in [5.41, 5.74) is 1.05. The Balaban J connectivity index is 1.73. The van der Waals surface area contributed by atoms with Crippen molar-refractivity contribution in [1.82, 2.24) is 15.3 Å². The molecule has 0 saturated heterocycles. The van der Waals surface area contributed by atoms with Crippen LogP contribution in [0.5, 0.6) is 0 Å². The van der Waals surface area contributed by atoms with E-state index in [-0.39, 0.29) is 0 Å². The number of carbonyl (C=O) groups is 1. The Kier molecular flexibility index (Phi) is 6.49. The lowest BCUT2D eigenvalue weighted by Gasteiger charge is -2.28. The Morgan fingerprint density at radius 1 is 1.12 bits per heavy atom. The average molecular weight is 433 g/mol. The highest BCUT2D eigenvalue weighted by atomic mass is 16.6. The third-order valence-corrected chi connectivity index (χ3v) is 4.42. The summed E-state index contributed by atoms with van der Waals surface area (Å²) in [4.78, 5) is 20.9. The van der Waals surface area contributed by atoms with E-state index in [9.17, 15) is 10.1 Å². The molecule has 166 valence electrons. The van der Waals surface area contributed by atoms with Crippen LogP contribution in [0, 0.1) is 11.3 Å². The fourth-order valence-corrected chi connectivity index (χ4v) is 3.00. The van der Waals surface area contributed by atoms with E-state index in [0.29, 0.717) is 23.7 Å². The fourth-order valence-electron chi connectivity index (χ4n) is 3.00. The number of hydrogen-bond donors (Lipinski definition) is 3. The molecule has 3 aromatic rings. The van der Waals surface area contributed by atoms with Gasteiger partial charge in [-0.05, 0) is 71.0 Å². The van der Waals surface area contributed by atoms with Gasteiger partial charge in [-0.2, -0.15) is 5.26 Å². The number of fused-ring (bicyclic) bond motifs is 1. The fraction of sp³-hybridized carbons (Fsp3) is 0.333. The molecule has 0 fully saturated rings. The number of alkyl carbamates (subject to hydrolysis) is 1. The lowest BCUT2D eigenvalue weighted by molar-refractivity contribution is 0.0520. The summed E-state index contributed by atoms with van der Waals surface area (Å²) in [5.74, 6) is 1.02. The average Bonchev–Trinajstić information content (AvgIpc) is 2.71. The van der Waals surface area contributed by atoms with Crippen LogP contribution in [0.4, 0.5) is 22.1 Å². The molecule has 0 radical (unpaired) electrons. The minimum atomic E-state index is -0.560. The van der Waals surface area contributed by atoms with Crippen molar-refractivity contribution in [3.8, 4) is 6.07 Å². The Labute approximate surface area is 188 Å². The second kappa shape index (κ2) is 9.10. The number of nitrogens with one attached hydrogen (secondary N) is 3. The molecule has 0 unspecified atom stereocenters. The van der Waals surface area contributed by atoms with Crippen LogP contribution in [0.1, 0.15) is 40.2 Å². The first-order valence-electron chi connectivity index (χ1n) is 10.3. The maximum Gasteiger partial charge on any atom is 0.407 e. The number of ether oxygens (including phenoxy) is 1. The van der Waals surface area contributed by atoms with Crippen molar-refractivity contribution in [1.29, 1.82) is 5.26 Å². The minimum Gasteiger partial charge on any atom is -0.444 e. The van der Waals surface area contributed by atoms with E-state index in [2.05, 4.69) is 32.0 Å². The molecule has 3 rings (SSSR count). The number of anilines is 3. The third kappa shape index (κ3) is 6.32. The molecule has 1 aromatic carbocycles. The molecule has 0 atom stereocenters. The number of rotatable bonds is 6. The first-order valence-corrected chi connectivity index (χ1v) is 10.3. The molecule has 0 saturated carbocycles. The molecule has 32 heavy (non-hydrogen) atoms. The van der Waals surface area contributed by atoms with Gasteiger partial charge in [-0.25, -0.2) is 9.78 Å². The second-order valence-corrected chi connectivity index (χ2v) is 9.10. The van der Waals surface area contributed by atoms with Gasteiger partial charge in [0, 0.05) is 23.8 Å². The summed E-state index contributed by atoms with van der Waals surface area (Å²) in [6.45, 7) is 9.65. The highest BCUT2D eigenvalue weighted by Crippen LogP contribution is 2.24. The van der Waals surface area contributed by atoms with Crippen molar-refractivity contribution in [2.24, 2.45) is 0 Å². The molecule has 0 aliphatic carbocycles. The van der Waals surface area contributed by atoms with Gasteiger partial charge < -0.3 is 20.7 Å². The number of benzene rings is 1. The maximum atomic E-state index is 12.0. The van der Waals surface area contributed by atoms with Gasteiger partial charge in [-0.1, -0.05) is 6.07 Å². The van der Waals surface area contributed by atoms with Crippen molar-refractivity contribution >= 4 is 34.3 Å². The minimum absolute atomic E-state index is 0.323. The van der Waals surface area contributed by atoms with Gasteiger partial charge in [0.1, 0.15) is 17.5 Å². The molecule has 2 heterocycles. The van der Waals surface area contributed by atoms with E-state index in [1.54, 1.807) is 18.3 Å². The summed E-state index contributed by atoms with van der Waals surface area (Å²) < 4.78 is 5.29. The van der Waals surface area contributed by atoms with E-state index in [0.717, 1.165) is 16.6 Å². The Morgan fingerprint density at radius 3 is 2.62 bits per heavy atom. The Bertz CT molecular complexity index is 1160. The summed E-state index contributed by atoms with van der Waals surface area (Å²) in [6.07, 6.45) is 1.27. The summed E-state index contributed by atoms with van der Waals surface area (Å²) in [5, 5.41) is 19.8. The molecule has 8 heteroatoms. The van der Waals surface area contributed by atoms with Crippen LogP contribution in [0.25, 0.3) is 10.9 Å². The SMILES string of the molecule is CC(C)(CNC(=O)OC(C)(C)C)Nc1ccc(C#N)c(Nc2ccc3ncccc3c2)n1. The van der Waals surface area contributed by atoms with Gasteiger partial charge in [0.2, 0.25) is 0 Å². The predicted molar refractivity (Wildman–Crippen MR) is 126 cm³/mol. The zero-order valence-corrected chi connectivity index (χ0v) is 19.0. The largest absolute Gasteiger partial charge is 0.444 e. The number of aromatic nitrogens is 2. The van der Waals surface area contributed by atoms with Crippen molar-refractivity contribution in [3.05, 3.63) is 54.2 Å². The van der Waals surface area contributed by atoms with Gasteiger partial charge in [0.05, 0.1) is 16.6 Å². The number of nitriles is 1. The Hall–Kier alpha value is -3.86. The number of amides is 1. The number of nitrogens with zero attached hydrogens (tertiary/aromatic N) is 3. The van der Waals surface area contributed by atoms with E-state index in [1.807, 2.05) is 65.0 Å². The molecule has 0 aliphatic rings. The van der Waals surface area contributed by atoms with Crippen LogP contribution >= 0.6 is 0 Å². The van der Waals surface area contributed by atoms with Crippen molar-refractivity contribution in [2.75, 3.05) is 17.2 Å². The smallest absolute Gasteiger partial charge is 0.407 e. The standard InChI is InChI=1S/C24H28N6O2/c1-23(2,3)32-22(31)27-15-24(4,5)30-20-11-8-17(14-25)21(29-20)28-18-9-10-19-16(13-18)7-6-12-26-19/h6-13H,15H2,1-5H3,(H,27,31)(H2,28,29,30). The molecule has 8 nitrogen and oxygen atoms in total. The molecular weight excluding hydrogens is 404 g/mol. The highest BCUT2D eigenvalue weighted by molar-refractivity contribution is 5.83. The van der Waals surface area contributed by atoms with E-state index in [1.165, 1.54) is 0 Å². The first-order chi connectivity index (χ1) is 15.0. The van der Waals surface area contributed by atoms with Crippen LogP contribution < -0.4 is 16.0 Å². The van der Waals surface area contributed by atoms with E-state index in [4.69, 9.17) is 4.74 Å². The highest BCUT2D eigenvalue weighted by Gasteiger charge is 2.22. The van der Waals surface area contributed by atoms with Crippen LogP contribution in [0.15, 0.2) is 48.7 Å². The zero-order chi connectivity index (χ0) is 23.4. The van der Waals surface area contributed by atoms with Crippen molar-refractivity contribution in [3.63, 3.8) is 0 Å². The maximum absolute atomic E-state index is 12.0. The van der Waals surface area contributed by atoms with Gasteiger partial charge in [0.15, 0.2) is 5.82 Å².